The smallest absolute Gasteiger partial charge is 0.0402 e. The number of fused-ring (bicyclic) bond motifs is 1. The van der Waals surface area contributed by atoms with Gasteiger partial charge in [0.05, 0.1) is 0 Å². The fraction of sp³-hybridized carbons (Fsp3) is 0.571. The molecule has 1 nitrogen and oxygen atoms in total. The number of hydrogen-bond acceptors (Lipinski definition) is 1. The molecule has 0 bridgehead atoms. The van der Waals surface area contributed by atoms with E-state index in [1.807, 2.05) is 13.8 Å². The summed E-state index contributed by atoms with van der Waals surface area (Å²) in [7, 11) is 2.18. The number of benzene rings is 1. The van der Waals surface area contributed by atoms with Gasteiger partial charge in [-0.3, -0.25) is 0 Å². The Morgan fingerprint density at radius 3 is 2.47 bits per heavy atom. The Bertz CT molecular complexity index is 319. The van der Waals surface area contributed by atoms with Crippen LogP contribution in [0.25, 0.3) is 0 Å². The molecule has 1 heteroatoms. The molecule has 1 heterocycles. The van der Waals surface area contributed by atoms with Gasteiger partial charge in [0.2, 0.25) is 0 Å². The molecule has 1 aliphatic heterocycles. The van der Waals surface area contributed by atoms with Crippen LogP contribution < -0.4 is 4.90 Å². The Kier molecular flexibility index (Phi) is 3.78. The third-order valence-electron chi connectivity index (χ3n) is 3.33. The van der Waals surface area contributed by atoms with Crippen LogP contribution in [0.15, 0.2) is 24.3 Å². The van der Waals surface area contributed by atoms with Gasteiger partial charge in [0.15, 0.2) is 0 Å². The summed E-state index contributed by atoms with van der Waals surface area (Å²) in [5.41, 5.74) is 3.29. The summed E-state index contributed by atoms with van der Waals surface area (Å²) in [6.45, 7) is 9.79. The fourth-order valence-corrected chi connectivity index (χ4v) is 2.31. The second-order valence-corrected chi connectivity index (χ2v) is 4.29. The lowest BCUT2D eigenvalue weighted by atomic mass is 9.82. The highest BCUT2D eigenvalue weighted by Crippen LogP contribution is 2.41. The molecule has 1 aliphatic rings. The zero-order chi connectivity index (χ0) is 11.5. The van der Waals surface area contributed by atoms with Gasteiger partial charge in [0.25, 0.3) is 0 Å². The minimum Gasteiger partial charge on any atom is -0.373 e. The summed E-state index contributed by atoms with van der Waals surface area (Å²) in [5.74, 6) is 0. The van der Waals surface area contributed by atoms with Crippen LogP contribution >= 0.6 is 0 Å². The highest BCUT2D eigenvalue weighted by molar-refractivity contribution is 5.61. The van der Waals surface area contributed by atoms with Crippen LogP contribution in [0.2, 0.25) is 0 Å². The summed E-state index contributed by atoms with van der Waals surface area (Å²) in [6, 6.07) is 8.75. The van der Waals surface area contributed by atoms with Gasteiger partial charge in [-0.2, -0.15) is 0 Å². The Morgan fingerprint density at radius 1 is 1.27 bits per heavy atom. The average Bonchev–Trinajstić information content (AvgIpc) is 2.56. The van der Waals surface area contributed by atoms with E-state index in [-0.39, 0.29) is 0 Å². The molecular weight excluding hydrogens is 182 g/mol. The molecule has 1 aromatic rings. The molecule has 2 rings (SSSR count). The van der Waals surface area contributed by atoms with Gasteiger partial charge < -0.3 is 4.90 Å². The van der Waals surface area contributed by atoms with Gasteiger partial charge in [-0.1, -0.05) is 45.9 Å². The van der Waals surface area contributed by atoms with E-state index in [2.05, 4.69) is 50.1 Å². The van der Waals surface area contributed by atoms with Gasteiger partial charge >= 0.3 is 0 Å². The maximum Gasteiger partial charge on any atom is 0.0402 e. The Balaban J connectivity index is 0.000000531. The average molecular weight is 205 g/mol. The first-order valence-corrected chi connectivity index (χ1v) is 5.98. The minimum absolute atomic E-state index is 0.366. The minimum atomic E-state index is 0.366. The Morgan fingerprint density at radius 2 is 1.87 bits per heavy atom. The molecule has 0 spiro atoms. The molecule has 0 fully saturated rings. The number of likely N-dealkylation sites (N-methyl/N-ethyl adjacent to an activating group) is 1. The van der Waals surface area contributed by atoms with Crippen molar-refractivity contribution in [2.75, 3.05) is 18.5 Å². The van der Waals surface area contributed by atoms with Crippen molar-refractivity contribution < 1.29 is 0 Å². The summed E-state index contributed by atoms with van der Waals surface area (Å²) >= 11 is 0. The summed E-state index contributed by atoms with van der Waals surface area (Å²) in [5, 5.41) is 0. The summed E-state index contributed by atoms with van der Waals surface area (Å²) in [6.07, 6.45) is 1.22. The molecule has 1 aromatic carbocycles. The zero-order valence-corrected chi connectivity index (χ0v) is 10.7. The molecule has 0 amide bonds. The number of hydrogen-bond donors (Lipinski definition) is 0. The first-order chi connectivity index (χ1) is 7.17. The van der Waals surface area contributed by atoms with Crippen LogP contribution in [0.5, 0.6) is 0 Å². The van der Waals surface area contributed by atoms with Crippen LogP contribution in [0.1, 0.15) is 39.7 Å². The van der Waals surface area contributed by atoms with E-state index in [4.69, 9.17) is 0 Å². The SMILES string of the molecule is CC.CCC1(C)CN(C)c2ccccc21. The highest BCUT2D eigenvalue weighted by atomic mass is 15.1. The van der Waals surface area contributed by atoms with Crippen molar-refractivity contribution in [3.8, 4) is 0 Å². The van der Waals surface area contributed by atoms with Crippen molar-refractivity contribution in [2.24, 2.45) is 0 Å². The van der Waals surface area contributed by atoms with E-state index in [9.17, 15) is 0 Å². The lowest BCUT2D eigenvalue weighted by Gasteiger charge is -2.22. The quantitative estimate of drug-likeness (QED) is 0.673. The first-order valence-electron chi connectivity index (χ1n) is 5.98. The molecule has 0 aromatic heterocycles. The van der Waals surface area contributed by atoms with Gasteiger partial charge in [0, 0.05) is 24.7 Å². The van der Waals surface area contributed by atoms with Crippen molar-refractivity contribution in [3.63, 3.8) is 0 Å². The molecule has 15 heavy (non-hydrogen) atoms. The van der Waals surface area contributed by atoms with Crippen molar-refractivity contribution >= 4 is 5.69 Å². The largest absolute Gasteiger partial charge is 0.373 e. The van der Waals surface area contributed by atoms with E-state index in [0.717, 1.165) is 6.54 Å². The first kappa shape index (κ1) is 12.1. The predicted octanol–water partition coefficient (Wildman–Crippen LogP) is 3.83. The maximum atomic E-state index is 2.36. The maximum absolute atomic E-state index is 2.36. The van der Waals surface area contributed by atoms with E-state index in [1.165, 1.54) is 17.7 Å². The monoisotopic (exact) mass is 205 g/mol. The molecule has 0 aliphatic carbocycles. The van der Waals surface area contributed by atoms with E-state index in [0.29, 0.717) is 5.41 Å². The van der Waals surface area contributed by atoms with Gasteiger partial charge in [0.1, 0.15) is 0 Å². The zero-order valence-electron chi connectivity index (χ0n) is 10.7. The topological polar surface area (TPSA) is 3.24 Å². The predicted molar refractivity (Wildman–Crippen MR) is 68.7 cm³/mol. The number of anilines is 1. The second kappa shape index (κ2) is 4.69. The molecule has 0 saturated heterocycles. The van der Waals surface area contributed by atoms with Gasteiger partial charge in [-0.05, 0) is 18.1 Å². The molecular formula is C14H23N. The molecule has 0 N–H and O–H groups in total. The Labute approximate surface area is 94.1 Å². The van der Waals surface area contributed by atoms with E-state index in [1.54, 1.807) is 0 Å². The lowest BCUT2D eigenvalue weighted by Crippen LogP contribution is -2.27. The standard InChI is InChI=1S/C12H17N.C2H6/c1-4-12(2)9-13(3)11-8-6-5-7-10(11)12;1-2/h5-8H,4,9H2,1-3H3;1-2H3. The fourth-order valence-electron chi connectivity index (χ4n) is 2.31. The molecule has 0 saturated carbocycles. The third kappa shape index (κ3) is 2.01. The summed E-state index contributed by atoms with van der Waals surface area (Å²) in [4.78, 5) is 2.36. The highest BCUT2D eigenvalue weighted by Gasteiger charge is 2.35. The number of para-hydroxylation sites is 1. The number of rotatable bonds is 1. The van der Waals surface area contributed by atoms with Crippen molar-refractivity contribution in [1.29, 1.82) is 0 Å². The van der Waals surface area contributed by atoms with Crippen LogP contribution in [-0.2, 0) is 5.41 Å². The van der Waals surface area contributed by atoms with E-state index >= 15 is 0 Å². The van der Waals surface area contributed by atoms with Gasteiger partial charge in [-0.15, -0.1) is 0 Å². The van der Waals surface area contributed by atoms with Crippen molar-refractivity contribution in [3.05, 3.63) is 29.8 Å². The lowest BCUT2D eigenvalue weighted by molar-refractivity contribution is 0.487. The van der Waals surface area contributed by atoms with E-state index < -0.39 is 0 Å². The summed E-state index contributed by atoms with van der Waals surface area (Å²) < 4.78 is 0. The van der Waals surface area contributed by atoms with Gasteiger partial charge in [-0.25, -0.2) is 0 Å². The number of nitrogens with zero attached hydrogens (tertiary/aromatic N) is 1. The Hall–Kier alpha value is -0.980. The van der Waals surface area contributed by atoms with Crippen LogP contribution in [0, 0.1) is 0 Å². The van der Waals surface area contributed by atoms with Crippen LogP contribution in [-0.4, -0.2) is 13.6 Å². The third-order valence-corrected chi connectivity index (χ3v) is 3.33. The van der Waals surface area contributed by atoms with Crippen molar-refractivity contribution in [2.45, 2.75) is 39.5 Å². The molecule has 84 valence electrons. The van der Waals surface area contributed by atoms with Crippen molar-refractivity contribution in [1.82, 2.24) is 0 Å². The molecule has 1 unspecified atom stereocenters. The second-order valence-electron chi connectivity index (χ2n) is 4.29. The molecule has 0 radical (unpaired) electrons. The normalized spacial score (nSPS) is 23.1. The van der Waals surface area contributed by atoms with Crippen LogP contribution in [0.4, 0.5) is 5.69 Å². The molecule has 1 atom stereocenters. The van der Waals surface area contributed by atoms with Crippen LogP contribution in [0.3, 0.4) is 0 Å².